The van der Waals surface area contributed by atoms with Crippen LogP contribution in [0.25, 0.3) is 0 Å². The van der Waals surface area contributed by atoms with Gasteiger partial charge >= 0.3 is 5.97 Å². The van der Waals surface area contributed by atoms with Crippen LogP contribution in [-0.4, -0.2) is 35.4 Å². The number of nitrogens with zero attached hydrogens (tertiary/aromatic N) is 2. The number of hydrogen-bond donors (Lipinski definition) is 1. The first-order valence-corrected chi connectivity index (χ1v) is 9.72. The van der Waals surface area contributed by atoms with Gasteiger partial charge in [0.1, 0.15) is 5.75 Å². The van der Waals surface area contributed by atoms with Crippen LogP contribution in [0.3, 0.4) is 0 Å². The van der Waals surface area contributed by atoms with Crippen molar-refractivity contribution in [3.8, 4) is 5.75 Å². The molecule has 3 aromatic rings. The van der Waals surface area contributed by atoms with Gasteiger partial charge in [-0.2, -0.15) is 5.10 Å². The quantitative estimate of drug-likeness (QED) is 0.521. The summed E-state index contributed by atoms with van der Waals surface area (Å²) in [6.45, 7) is 0.275. The van der Waals surface area contributed by atoms with Gasteiger partial charge in [-0.25, -0.2) is 4.79 Å². The Labute approximate surface area is 176 Å². The van der Waals surface area contributed by atoms with E-state index in [1.165, 1.54) is 18.0 Å². The fourth-order valence-corrected chi connectivity index (χ4v) is 2.97. The zero-order valence-corrected chi connectivity index (χ0v) is 17.4. The van der Waals surface area contributed by atoms with Crippen LogP contribution in [0.4, 0.5) is 5.69 Å². The van der Waals surface area contributed by atoms with Gasteiger partial charge < -0.3 is 14.8 Å². The number of hydrogen-bond acceptors (Lipinski definition) is 5. The standard InChI is InChI=1S/C21H20BrN3O4/c1-28-21(27)20-18(13-23-25(20)12-11-15-5-3-2-4-6-15)24-19(26)14-29-17-9-7-16(22)8-10-17/h2-10,13H,11-12,14H2,1H3,(H,24,26). The van der Waals surface area contributed by atoms with Gasteiger partial charge in [-0.15, -0.1) is 0 Å². The fraction of sp³-hybridized carbons (Fsp3) is 0.190. The van der Waals surface area contributed by atoms with Crippen molar-refractivity contribution in [3.63, 3.8) is 0 Å². The highest BCUT2D eigenvalue weighted by Gasteiger charge is 2.21. The first kappa shape index (κ1) is 20.6. The van der Waals surface area contributed by atoms with Crippen molar-refractivity contribution in [2.24, 2.45) is 0 Å². The minimum Gasteiger partial charge on any atom is -0.484 e. The van der Waals surface area contributed by atoms with Crippen molar-refractivity contribution < 1.29 is 19.1 Å². The molecule has 0 aliphatic carbocycles. The molecule has 7 nitrogen and oxygen atoms in total. The van der Waals surface area contributed by atoms with E-state index in [9.17, 15) is 9.59 Å². The molecule has 0 fully saturated rings. The maximum atomic E-state index is 12.3. The number of esters is 1. The van der Waals surface area contributed by atoms with Crippen LogP contribution >= 0.6 is 15.9 Å². The number of aromatic nitrogens is 2. The van der Waals surface area contributed by atoms with E-state index in [1.807, 2.05) is 42.5 Å². The summed E-state index contributed by atoms with van der Waals surface area (Å²) in [4.78, 5) is 24.5. The number of nitrogens with one attached hydrogen (secondary N) is 1. The zero-order chi connectivity index (χ0) is 20.6. The number of anilines is 1. The third kappa shape index (κ3) is 5.68. The van der Waals surface area contributed by atoms with Gasteiger partial charge in [0.2, 0.25) is 0 Å². The molecular formula is C21H20BrN3O4. The van der Waals surface area contributed by atoms with Gasteiger partial charge in [0.15, 0.2) is 12.3 Å². The van der Waals surface area contributed by atoms with Gasteiger partial charge in [0, 0.05) is 11.0 Å². The lowest BCUT2D eigenvalue weighted by Gasteiger charge is -2.10. The smallest absolute Gasteiger partial charge is 0.358 e. The van der Waals surface area contributed by atoms with Crippen LogP contribution in [-0.2, 0) is 22.5 Å². The predicted molar refractivity (Wildman–Crippen MR) is 112 cm³/mol. The van der Waals surface area contributed by atoms with Gasteiger partial charge in [-0.3, -0.25) is 9.48 Å². The molecule has 0 aliphatic rings. The molecule has 0 unspecified atom stereocenters. The summed E-state index contributed by atoms with van der Waals surface area (Å²) in [7, 11) is 1.29. The number of carbonyl (C=O) groups excluding carboxylic acids is 2. The van der Waals surface area contributed by atoms with E-state index < -0.39 is 11.9 Å². The normalized spacial score (nSPS) is 10.4. The first-order valence-electron chi connectivity index (χ1n) is 8.93. The maximum absolute atomic E-state index is 12.3. The van der Waals surface area contributed by atoms with E-state index in [2.05, 4.69) is 26.3 Å². The molecule has 8 heteroatoms. The molecule has 29 heavy (non-hydrogen) atoms. The van der Waals surface area contributed by atoms with E-state index in [0.29, 0.717) is 18.7 Å². The molecule has 1 amide bonds. The molecule has 3 rings (SSSR count). The van der Waals surface area contributed by atoms with E-state index in [-0.39, 0.29) is 18.0 Å². The van der Waals surface area contributed by atoms with Crippen LogP contribution in [0.15, 0.2) is 65.3 Å². The Kier molecular flexibility index (Phi) is 7.02. The number of ether oxygens (including phenoxy) is 2. The molecule has 0 aliphatic heterocycles. The van der Waals surface area contributed by atoms with Crippen molar-refractivity contribution in [3.05, 3.63) is 76.5 Å². The highest BCUT2D eigenvalue weighted by molar-refractivity contribution is 9.10. The number of aryl methyl sites for hydroxylation is 2. The molecule has 1 aromatic heterocycles. The van der Waals surface area contributed by atoms with Gasteiger partial charge in [0.05, 0.1) is 19.0 Å². The lowest BCUT2D eigenvalue weighted by atomic mass is 10.1. The Morgan fingerprint density at radius 2 is 1.83 bits per heavy atom. The van der Waals surface area contributed by atoms with E-state index in [1.54, 1.807) is 12.1 Å². The summed E-state index contributed by atoms with van der Waals surface area (Å²) >= 11 is 3.34. The Bertz CT molecular complexity index is 971. The topological polar surface area (TPSA) is 82.4 Å². The van der Waals surface area contributed by atoms with Gasteiger partial charge in [-0.1, -0.05) is 46.3 Å². The summed E-state index contributed by atoms with van der Waals surface area (Å²) < 4.78 is 12.8. The van der Waals surface area contributed by atoms with E-state index in [4.69, 9.17) is 9.47 Å². The number of carbonyl (C=O) groups is 2. The molecule has 2 aromatic carbocycles. The van der Waals surface area contributed by atoms with E-state index in [0.717, 1.165) is 10.0 Å². The fourth-order valence-electron chi connectivity index (χ4n) is 2.70. The molecule has 0 saturated heterocycles. The number of rotatable bonds is 8. The molecule has 0 radical (unpaired) electrons. The minimum absolute atomic E-state index is 0.195. The van der Waals surface area contributed by atoms with Crippen molar-refractivity contribution in [2.75, 3.05) is 19.0 Å². The van der Waals surface area contributed by atoms with Crippen molar-refractivity contribution in [1.29, 1.82) is 0 Å². The lowest BCUT2D eigenvalue weighted by molar-refractivity contribution is -0.118. The first-order chi connectivity index (χ1) is 14.1. The Balaban J connectivity index is 1.66. The number of methoxy groups -OCH3 is 1. The SMILES string of the molecule is COC(=O)c1c(NC(=O)COc2ccc(Br)cc2)cnn1CCc1ccccc1. The molecular weight excluding hydrogens is 438 g/mol. The van der Waals surface area contributed by atoms with Crippen LogP contribution in [0, 0.1) is 0 Å². The molecule has 0 saturated carbocycles. The second-order valence-corrected chi connectivity index (χ2v) is 7.06. The van der Waals surface area contributed by atoms with Gasteiger partial charge in [0.25, 0.3) is 5.91 Å². The van der Waals surface area contributed by atoms with Gasteiger partial charge in [-0.05, 0) is 36.2 Å². The highest BCUT2D eigenvalue weighted by atomic mass is 79.9. The molecule has 0 spiro atoms. The van der Waals surface area contributed by atoms with Crippen LogP contribution in [0.5, 0.6) is 5.75 Å². The Morgan fingerprint density at radius 3 is 2.52 bits per heavy atom. The highest BCUT2D eigenvalue weighted by Crippen LogP contribution is 2.18. The molecule has 0 atom stereocenters. The molecule has 1 N–H and O–H groups in total. The van der Waals surface area contributed by atoms with Crippen molar-refractivity contribution in [1.82, 2.24) is 9.78 Å². The summed E-state index contributed by atoms with van der Waals surface area (Å²) in [6.07, 6.45) is 2.13. The Morgan fingerprint density at radius 1 is 1.10 bits per heavy atom. The number of amides is 1. The average Bonchev–Trinajstić information content (AvgIpc) is 3.14. The summed E-state index contributed by atoms with van der Waals surface area (Å²) in [5.41, 5.74) is 1.60. The van der Waals surface area contributed by atoms with Crippen LogP contribution < -0.4 is 10.1 Å². The third-order valence-corrected chi connectivity index (χ3v) is 4.66. The summed E-state index contributed by atoms with van der Waals surface area (Å²) in [6, 6.07) is 17.0. The van der Waals surface area contributed by atoms with Crippen LogP contribution in [0.1, 0.15) is 16.1 Å². The molecule has 150 valence electrons. The maximum Gasteiger partial charge on any atom is 0.358 e. The molecule has 1 heterocycles. The number of benzene rings is 2. The summed E-state index contributed by atoms with van der Waals surface area (Å²) in [5.74, 6) is -0.407. The predicted octanol–water partition coefficient (Wildman–Crippen LogP) is 3.69. The second-order valence-electron chi connectivity index (χ2n) is 6.15. The average molecular weight is 458 g/mol. The summed E-state index contributed by atoms with van der Waals surface area (Å²) in [5, 5.41) is 6.90. The third-order valence-electron chi connectivity index (χ3n) is 4.13. The van der Waals surface area contributed by atoms with Crippen molar-refractivity contribution in [2.45, 2.75) is 13.0 Å². The van der Waals surface area contributed by atoms with Crippen molar-refractivity contribution >= 4 is 33.5 Å². The lowest BCUT2D eigenvalue weighted by Crippen LogP contribution is -2.22. The second kappa shape index (κ2) is 9.88. The minimum atomic E-state index is -0.570. The largest absolute Gasteiger partial charge is 0.484 e. The molecule has 0 bridgehead atoms. The monoisotopic (exact) mass is 457 g/mol. The van der Waals surface area contributed by atoms with Crippen LogP contribution in [0.2, 0.25) is 0 Å². The van der Waals surface area contributed by atoms with E-state index >= 15 is 0 Å². The number of halogens is 1. The zero-order valence-electron chi connectivity index (χ0n) is 15.8. The Hall–Kier alpha value is -3.13.